The van der Waals surface area contributed by atoms with E-state index in [1.807, 2.05) is 6.92 Å². The first-order chi connectivity index (χ1) is 7.98. The number of hydrogen-bond acceptors (Lipinski definition) is 3. The van der Waals surface area contributed by atoms with Gasteiger partial charge in [0.1, 0.15) is 5.82 Å². The van der Waals surface area contributed by atoms with Crippen molar-refractivity contribution < 1.29 is 9.50 Å². The van der Waals surface area contributed by atoms with Gasteiger partial charge in [-0.1, -0.05) is 0 Å². The highest BCUT2D eigenvalue weighted by Crippen LogP contribution is 2.22. The summed E-state index contributed by atoms with van der Waals surface area (Å²) in [4.78, 5) is 2.11. The Bertz CT molecular complexity index is 378. The zero-order valence-corrected chi connectivity index (χ0v) is 10.3. The second-order valence-corrected chi connectivity index (χ2v) is 5.08. The molecule has 2 rings (SSSR count). The highest BCUT2D eigenvalue weighted by molar-refractivity contribution is 5.48. The number of hydrogen-bond donors (Lipinski definition) is 2. The molecular formula is C13H19FN2O. The average Bonchev–Trinajstić information content (AvgIpc) is 2.39. The lowest BCUT2D eigenvalue weighted by molar-refractivity contribution is 0.0726. The molecule has 2 atom stereocenters. The molecule has 1 aromatic carbocycles. The van der Waals surface area contributed by atoms with Crippen LogP contribution in [0.3, 0.4) is 0 Å². The molecule has 2 unspecified atom stereocenters. The lowest BCUT2D eigenvalue weighted by Crippen LogP contribution is -2.45. The van der Waals surface area contributed by atoms with Crippen LogP contribution < -0.4 is 10.2 Å². The molecule has 0 aromatic heterocycles. The van der Waals surface area contributed by atoms with Crippen molar-refractivity contribution in [2.24, 2.45) is 0 Å². The van der Waals surface area contributed by atoms with Crippen LogP contribution in [-0.4, -0.2) is 36.4 Å². The molecule has 1 aliphatic heterocycles. The number of nitrogens with one attached hydrogen (secondary N) is 1. The Kier molecular flexibility index (Phi) is 3.35. The van der Waals surface area contributed by atoms with Crippen molar-refractivity contribution in [1.29, 1.82) is 0 Å². The third-order valence-electron chi connectivity index (χ3n) is 3.15. The molecule has 1 aromatic rings. The first kappa shape index (κ1) is 12.3. The van der Waals surface area contributed by atoms with Crippen molar-refractivity contribution in [2.45, 2.75) is 25.5 Å². The van der Waals surface area contributed by atoms with Gasteiger partial charge in [0.2, 0.25) is 0 Å². The summed E-state index contributed by atoms with van der Waals surface area (Å²) in [5.41, 5.74) is 0.182. The van der Waals surface area contributed by atoms with E-state index in [9.17, 15) is 9.50 Å². The predicted octanol–water partition coefficient (Wildman–Crippen LogP) is 1.37. The van der Waals surface area contributed by atoms with E-state index in [1.54, 1.807) is 12.1 Å². The molecule has 0 amide bonds. The van der Waals surface area contributed by atoms with Gasteiger partial charge in [0.25, 0.3) is 0 Å². The number of nitrogens with zero attached hydrogens (tertiary/aromatic N) is 1. The van der Waals surface area contributed by atoms with Crippen molar-refractivity contribution in [3.63, 3.8) is 0 Å². The van der Waals surface area contributed by atoms with Crippen LogP contribution in [0.4, 0.5) is 10.1 Å². The summed E-state index contributed by atoms with van der Waals surface area (Å²) in [6, 6.07) is 6.69. The van der Waals surface area contributed by atoms with E-state index in [2.05, 4.69) is 17.1 Å². The summed E-state index contributed by atoms with van der Waals surface area (Å²) < 4.78 is 12.9. The van der Waals surface area contributed by atoms with E-state index < -0.39 is 5.60 Å². The van der Waals surface area contributed by atoms with Gasteiger partial charge in [0.05, 0.1) is 5.60 Å². The molecule has 0 aliphatic carbocycles. The van der Waals surface area contributed by atoms with E-state index in [0.717, 1.165) is 12.2 Å². The number of aliphatic hydroxyl groups is 1. The van der Waals surface area contributed by atoms with Crippen molar-refractivity contribution in [2.75, 3.05) is 24.5 Å². The zero-order valence-electron chi connectivity index (χ0n) is 10.3. The summed E-state index contributed by atoms with van der Waals surface area (Å²) >= 11 is 0. The van der Waals surface area contributed by atoms with Crippen LogP contribution >= 0.6 is 0 Å². The zero-order chi connectivity index (χ0) is 12.5. The smallest absolute Gasteiger partial charge is 0.123 e. The Hall–Kier alpha value is -1.13. The maximum Gasteiger partial charge on any atom is 0.123 e. The molecule has 1 heterocycles. The van der Waals surface area contributed by atoms with Crippen molar-refractivity contribution >= 4 is 5.69 Å². The van der Waals surface area contributed by atoms with E-state index in [1.165, 1.54) is 12.1 Å². The predicted molar refractivity (Wildman–Crippen MR) is 66.7 cm³/mol. The molecule has 94 valence electrons. The Labute approximate surface area is 101 Å². The summed E-state index contributed by atoms with van der Waals surface area (Å²) in [7, 11) is 0. The quantitative estimate of drug-likeness (QED) is 0.776. The molecule has 3 nitrogen and oxygen atoms in total. The summed E-state index contributed by atoms with van der Waals surface area (Å²) in [5, 5.41) is 13.4. The van der Waals surface area contributed by atoms with Gasteiger partial charge in [-0.25, -0.2) is 4.39 Å². The van der Waals surface area contributed by atoms with Gasteiger partial charge >= 0.3 is 0 Å². The molecule has 2 N–H and O–H groups in total. The molecule has 0 radical (unpaired) electrons. The maximum absolute atomic E-state index is 12.9. The van der Waals surface area contributed by atoms with Crippen molar-refractivity contribution in [1.82, 2.24) is 5.32 Å². The molecular weight excluding hydrogens is 219 g/mol. The maximum atomic E-state index is 12.9. The van der Waals surface area contributed by atoms with Gasteiger partial charge in [-0.15, -0.1) is 0 Å². The van der Waals surface area contributed by atoms with Crippen molar-refractivity contribution in [3.8, 4) is 0 Å². The van der Waals surface area contributed by atoms with E-state index in [-0.39, 0.29) is 11.9 Å². The number of benzene rings is 1. The van der Waals surface area contributed by atoms with Crippen LogP contribution in [0.1, 0.15) is 13.8 Å². The number of β-amino-alcohol motifs (C(OH)–C–C–N with tert-alkyl or cyclic N) is 1. The van der Waals surface area contributed by atoms with Crippen LogP contribution in [0.5, 0.6) is 0 Å². The first-order valence-corrected chi connectivity index (χ1v) is 5.93. The number of anilines is 1. The summed E-state index contributed by atoms with van der Waals surface area (Å²) in [5.74, 6) is -0.235. The summed E-state index contributed by atoms with van der Waals surface area (Å²) in [6.45, 7) is 5.85. The lowest BCUT2D eigenvalue weighted by Gasteiger charge is -2.33. The Morgan fingerprint density at radius 1 is 1.41 bits per heavy atom. The molecule has 0 spiro atoms. The Morgan fingerprint density at radius 2 is 2.06 bits per heavy atom. The SMILES string of the molecule is CC1CNCC(C)(O)CN1c1ccc(F)cc1. The Morgan fingerprint density at radius 3 is 2.71 bits per heavy atom. The Balaban J connectivity index is 2.24. The van der Waals surface area contributed by atoms with Crippen LogP contribution in [0.2, 0.25) is 0 Å². The molecule has 1 fully saturated rings. The molecule has 0 bridgehead atoms. The molecule has 1 aliphatic rings. The standard InChI is InChI=1S/C13H19FN2O/c1-10-7-15-8-13(2,17)9-16(10)12-5-3-11(14)4-6-12/h3-6,10,15,17H,7-9H2,1-2H3. The van der Waals surface area contributed by atoms with Crippen LogP contribution in [0.15, 0.2) is 24.3 Å². The van der Waals surface area contributed by atoms with E-state index in [4.69, 9.17) is 0 Å². The second kappa shape index (κ2) is 4.63. The first-order valence-electron chi connectivity index (χ1n) is 5.93. The van der Waals surface area contributed by atoms with Crippen LogP contribution in [0.25, 0.3) is 0 Å². The lowest BCUT2D eigenvalue weighted by atomic mass is 10.1. The normalized spacial score (nSPS) is 30.1. The fraction of sp³-hybridized carbons (Fsp3) is 0.538. The van der Waals surface area contributed by atoms with Crippen LogP contribution in [0, 0.1) is 5.82 Å². The number of rotatable bonds is 1. The van der Waals surface area contributed by atoms with E-state index in [0.29, 0.717) is 13.1 Å². The molecule has 17 heavy (non-hydrogen) atoms. The second-order valence-electron chi connectivity index (χ2n) is 5.08. The minimum atomic E-state index is -0.765. The molecule has 4 heteroatoms. The highest BCUT2D eigenvalue weighted by atomic mass is 19.1. The highest BCUT2D eigenvalue weighted by Gasteiger charge is 2.29. The number of halogens is 1. The fourth-order valence-electron chi connectivity index (χ4n) is 2.22. The minimum Gasteiger partial charge on any atom is -0.387 e. The largest absolute Gasteiger partial charge is 0.387 e. The van der Waals surface area contributed by atoms with Crippen LogP contribution in [-0.2, 0) is 0 Å². The van der Waals surface area contributed by atoms with E-state index >= 15 is 0 Å². The van der Waals surface area contributed by atoms with Gasteiger partial charge in [-0.3, -0.25) is 0 Å². The monoisotopic (exact) mass is 238 g/mol. The molecule has 1 saturated heterocycles. The fourth-order valence-corrected chi connectivity index (χ4v) is 2.22. The van der Waals surface area contributed by atoms with Gasteiger partial charge in [-0.2, -0.15) is 0 Å². The van der Waals surface area contributed by atoms with Gasteiger partial charge in [0.15, 0.2) is 0 Å². The summed E-state index contributed by atoms with van der Waals surface area (Å²) in [6.07, 6.45) is 0. The third-order valence-corrected chi connectivity index (χ3v) is 3.15. The topological polar surface area (TPSA) is 35.5 Å². The van der Waals surface area contributed by atoms with Gasteiger partial charge in [0, 0.05) is 31.4 Å². The van der Waals surface area contributed by atoms with Gasteiger partial charge in [-0.05, 0) is 38.1 Å². The minimum absolute atomic E-state index is 0.235. The average molecular weight is 238 g/mol. The van der Waals surface area contributed by atoms with Crippen molar-refractivity contribution in [3.05, 3.63) is 30.1 Å². The molecule has 0 saturated carbocycles. The van der Waals surface area contributed by atoms with Gasteiger partial charge < -0.3 is 15.3 Å². The third kappa shape index (κ3) is 2.96.